The van der Waals surface area contributed by atoms with Crippen LogP contribution >= 0.6 is 7.60 Å². The van der Waals surface area contributed by atoms with Crippen LogP contribution in [0.15, 0.2) is 152 Å². The maximum absolute atomic E-state index is 14.1. The minimum atomic E-state index is -4.40. The Morgan fingerprint density at radius 3 is 1.62 bits per heavy atom. The van der Waals surface area contributed by atoms with Crippen molar-refractivity contribution in [3.05, 3.63) is 179 Å². The largest absolute Gasteiger partial charge is 0.453 e. The molecule has 1 aliphatic rings. The molecule has 5 aromatic carbocycles. The van der Waals surface area contributed by atoms with Crippen LogP contribution in [-0.4, -0.2) is 46.9 Å². The minimum absolute atomic E-state index is 0.147. The van der Waals surface area contributed by atoms with E-state index in [1.807, 2.05) is 97.1 Å². The Morgan fingerprint density at radius 2 is 1.13 bits per heavy atom. The molecule has 1 heterocycles. The fourth-order valence-corrected chi connectivity index (χ4v) is 7.52. The summed E-state index contributed by atoms with van der Waals surface area (Å²) < 4.78 is 38.6. The van der Waals surface area contributed by atoms with Crippen LogP contribution in [-0.2, 0) is 35.3 Å². The predicted octanol–water partition coefficient (Wildman–Crippen LogP) is 6.71. The van der Waals surface area contributed by atoms with Crippen LogP contribution in [0.2, 0.25) is 0 Å². The molecular weight excluding hydrogens is 615 g/mol. The second-order valence-electron chi connectivity index (χ2n) is 11.2. The Hall–Kier alpha value is -4.40. The van der Waals surface area contributed by atoms with E-state index in [4.69, 9.17) is 18.5 Å². The molecule has 2 N–H and O–H groups in total. The molecule has 1 fully saturated rings. The molecule has 0 spiro atoms. The number of ether oxygens (including phenoxy) is 2. The molecule has 47 heavy (non-hydrogen) atoms. The number of hydrogen-bond acceptors (Lipinski definition) is 8. The summed E-state index contributed by atoms with van der Waals surface area (Å²) in [6.07, 6.45) is -4.58. The molecular formula is C38H35O8P. The van der Waals surface area contributed by atoms with Gasteiger partial charge in [0.1, 0.15) is 17.8 Å². The summed E-state index contributed by atoms with van der Waals surface area (Å²) in [6.45, 7) is -0.459. The lowest BCUT2D eigenvalue weighted by Gasteiger charge is -2.43. The highest BCUT2D eigenvalue weighted by molar-refractivity contribution is 7.54. The van der Waals surface area contributed by atoms with Gasteiger partial charge in [-0.15, -0.1) is 0 Å². The third-order valence-corrected chi connectivity index (χ3v) is 10.1. The molecule has 8 nitrogen and oxygen atoms in total. The van der Waals surface area contributed by atoms with E-state index < -0.39 is 43.3 Å². The van der Waals surface area contributed by atoms with Crippen LogP contribution in [0.1, 0.15) is 32.6 Å². The number of aliphatic hydroxyl groups excluding tert-OH is 2. The number of esters is 1. The molecule has 240 valence electrons. The smallest absolute Gasteiger partial charge is 0.362 e. The zero-order valence-corrected chi connectivity index (χ0v) is 26.3. The van der Waals surface area contributed by atoms with Crippen molar-refractivity contribution in [1.29, 1.82) is 0 Å². The highest BCUT2D eigenvalue weighted by Gasteiger charge is 2.55. The van der Waals surface area contributed by atoms with Gasteiger partial charge in [0.2, 0.25) is 0 Å². The van der Waals surface area contributed by atoms with Crippen molar-refractivity contribution in [2.45, 2.75) is 36.4 Å². The van der Waals surface area contributed by atoms with Crippen molar-refractivity contribution in [2.75, 3.05) is 6.61 Å². The average molecular weight is 651 g/mol. The SMILES string of the molecule is O=C(O[C@@H]1[C@@H](O)[C@@H](O)[P@](=O)(OCc2ccccc2)O[C@@H]1COC(c1ccccc1)(c1ccccc1)c1ccccc1)c1ccccc1. The van der Waals surface area contributed by atoms with E-state index in [0.717, 1.165) is 16.7 Å². The van der Waals surface area contributed by atoms with Crippen molar-refractivity contribution >= 4 is 13.6 Å². The first-order valence-electron chi connectivity index (χ1n) is 15.3. The lowest BCUT2D eigenvalue weighted by molar-refractivity contribution is -0.146. The van der Waals surface area contributed by atoms with Gasteiger partial charge in [-0.25, -0.2) is 4.79 Å². The molecule has 6 rings (SSSR count). The first-order valence-corrected chi connectivity index (χ1v) is 16.9. The van der Waals surface area contributed by atoms with Gasteiger partial charge in [0, 0.05) is 0 Å². The van der Waals surface area contributed by atoms with E-state index in [0.29, 0.717) is 5.56 Å². The highest BCUT2D eigenvalue weighted by Crippen LogP contribution is 2.59. The maximum atomic E-state index is 14.1. The van der Waals surface area contributed by atoms with E-state index in [9.17, 15) is 19.6 Å². The predicted molar refractivity (Wildman–Crippen MR) is 177 cm³/mol. The zero-order valence-electron chi connectivity index (χ0n) is 25.4. The van der Waals surface area contributed by atoms with Crippen LogP contribution in [0.4, 0.5) is 0 Å². The molecule has 9 heteroatoms. The third-order valence-electron chi connectivity index (χ3n) is 8.13. The number of carbonyl (C=O) groups is 1. The van der Waals surface area contributed by atoms with E-state index >= 15 is 0 Å². The molecule has 0 amide bonds. The summed E-state index contributed by atoms with van der Waals surface area (Å²) in [5.41, 5.74) is 2.13. The molecule has 0 bridgehead atoms. The summed E-state index contributed by atoms with van der Waals surface area (Å²) in [4.78, 5) is 13.2. The first-order chi connectivity index (χ1) is 22.9. The summed E-state index contributed by atoms with van der Waals surface area (Å²) in [7, 11) is -4.40. The number of hydrogen-bond donors (Lipinski definition) is 2. The number of aliphatic hydroxyl groups is 2. The Kier molecular flexibility index (Phi) is 10.1. The normalized spacial score (nSPS) is 22.8. The van der Waals surface area contributed by atoms with Gasteiger partial charge < -0.3 is 24.2 Å². The molecule has 5 aromatic rings. The molecule has 0 saturated carbocycles. The van der Waals surface area contributed by atoms with Crippen LogP contribution in [0.5, 0.6) is 0 Å². The second-order valence-corrected chi connectivity index (χ2v) is 13.3. The quantitative estimate of drug-likeness (QED) is 0.0923. The van der Waals surface area contributed by atoms with E-state index in [1.165, 1.54) is 0 Å². The molecule has 1 saturated heterocycles. The van der Waals surface area contributed by atoms with E-state index in [2.05, 4.69) is 0 Å². The highest BCUT2D eigenvalue weighted by atomic mass is 31.2. The Bertz CT molecular complexity index is 1680. The summed E-state index contributed by atoms with van der Waals surface area (Å²) in [5, 5.41) is 22.5. The number of carbonyl (C=O) groups excluding carboxylic acids is 1. The van der Waals surface area contributed by atoms with Gasteiger partial charge in [0.05, 0.1) is 18.8 Å². The molecule has 5 atom stereocenters. The van der Waals surface area contributed by atoms with Gasteiger partial charge in [-0.3, -0.25) is 9.09 Å². The zero-order chi connectivity index (χ0) is 32.7. The Morgan fingerprint density at radius 1 is 0.681 bits per heavy atom. The van der Waals surface area contributed by atoms with Gasteiger partial charge in [-0.1, -0.05) is 140 Å². The molecule has 0 aliphatic carbocycles. The topological polar surface area (TPSA) is 112 Å². The Labute approximate surface area is 273 Å². The van der Waals surface area contributed by atoms with Crippen molar-refractivity contribution in [1.82, 2.24) is 0 Å². The molecule has 1 aliphatic heterocycles. The van der Waals surface area contributed by atoms with Crippen LogP contribution in [0.3, 0.4) is 0 Å². The summed E-state index contributed by atoms with van der Waals surface area (Å²) in [5.74, 6) is -2.74. The standard InChI is InChI=1S/C38H35O8P/c39-34-35(45-36(40)29-18-8-2-9-19-29)33(46-47(42,37(34)41)44-26-28-16-6-1-7-17-28)27-43-38(30-20-10-3-11-21-30,31-22-12-4-13-23-31)32-24-14-5-15-25-32/h1-25,33-35,37,39,41H,26-27H2/t33-,34-,35+,37+,47+/m1/s1. The van der Waals surface area contributed by atoms with E-state index in [-0.39, 0.29) is 18.8 Å². The van der Waals surface area contributed by atoms with Crippen molar-refractivity contribution < 1.29 is 38.1 Å². The van der Waals surface area contributed by atoms with E-state index in [1.54, 1.807) is 54.6 Å². The number of benzene rings is 5. The third kappa shape index (κ3) is 6.99. The maximum Gasteiger partial charge on any atom is 0.362 e. The van der Waals surface area contributed by atoms with Crippen molar-refractivity contribution in [2.24, 2.45) is 0 Å². The Balaban J connectivity index is 1.39. The van der Waals surface area contributed by atoms with Gasteiger partial charge in [-0.2, -0.15) is 0 Å². The van der Waals surface area contributed by atoms with Crippen LogP contribution in [0, 0.1) is 0 Å². The van der Waals surface area contributed by atoms with Gasteiger partial charge in [0.25, 0.3) is 0 Å². The fraction of sp³-hybridized carbons (Fsp3) is 0.184. The fourth-order valence-electron chi connectivity index (χ4n) is 5.75. The average Bonchev–Trinajstić information content (AvgIpc) is 3.14. The van der Waals surface area contributed by atoms with Crippen LogP contribution < -0.4 is 0 Å². The van der Waals surface area contributed by atoms with Gasteiger partial charge in [-0.05, 0) is 34.4 Å². The first kappa shape index (κ1) is 32.5. The van der Waals surface area contributed by atoms with Crippen molar-refractivity contribution in [3.8, 4) is 0 Å². The summed E-state index contributed by atoms with van der Waals surface area (Å²) in [6, 6.07) is 46.1. The minimum Gasteiger partial charge on any atom is -0.453 e. The van der Waals surface area contributed by atoms with Crippen LogP contribution in [0.25, 0.3) is 0 Å². The number of rotatable bonds is 11. The summed E-state index contributed by atoms with van der Waals surface area (Å²) >= 11 is 0. The monoisotopic (exact) mass is 650 g/mol. The molecule has 0 aromatic heterocycles. The van der Waals surface area contributed by atoms with Crippen molar-refractivity contribution in [3.63, 3.8) is 0 Å². The lowest BCUT2D eigenvalue weighted by Crippen LogP contribution is -2.54. The van der Waals surface area contributed by atoms with Gasteiger partial charge >= 0.3 is 13.6 Å². The van der Waals surface area contributed by atoms with Gasteiger partial charge in [0.15, 0.2) is 11.9 Å². The lowest BCUT2D eigenvalue weighted by atomic mass is 9.80. The molecule has 0 unspecified atom stereocenters. The molecule has 0 radical (unpaired) electrons. The second kappa shape index (κ2) is 14.6.